The van der Waals surface area contributed by atoms with Crippen LogP contribution in [-0.4, -0.2) is 17.0 Å². The van der Waals surface area contributed by atoms with Gasteiger partial charge >= 0.3 is 0 Å². The second-order valence-electron chi connectivity index (χ2n) is 4.63. The van der Waals surface area contributed by atoms with E-state index in [0.717, 1.165) is 12.0 Å². The fourth-order valence-electron chi connectivity index (χ4n) is 2.31. The van der Waals surface area contributed by atoms with Crippen molar-refractivity contribution in [2.24, 2.45) is 16.8 Å². The highest BCUT2D eigenvalue weighted by Crippen LogP contribution is 2.30. The minimum atomic E-state index is 0.00579. The first-order valence-electron chi connectivity index (χ1n) is 6.15. The third kappa shape index (κ3) is 2.76. The first-order valence-corrected chi connectivity index (χ1v) is 6.15. The first-order chi connectivity index (χ1) is 9.15. The maximum absolute atomic E-state index is 11.7. The van der Waals surface area contributed by atoms with E-state index in [-0.39, 0.29) is 23.7 Å². The Morgan fingerprint density at radius 2 is 2.21 bits per heavy atom. The van der Waals surface area contributed by atoms with Gasteiger partial charge in [-0.3, -0.25) is 4.79 Å². The molecule has 0 radical (unpaired) electrons. The van der Waals surface area contributed by atoms with Crippen molar-refractivity contribution in [3.8, 4) is 0 Å². The zero-order valence-corrected chi connectivity index (χ0v) is 10.5. The predicted octanol–water partition coefficient (Wildman–Crippen LogP) is 1.53. The zero-order chi connectivity index (χ0) is 13.8. The average Bonchev–Trinajstić information content (AvgIpc) is 2.80. The number of carbonyl (C=O) groups is 1. The molecule has 0 aromatic heterocycles. The summed E-state index contributed by atoms with van der Waals surface area (Å²) in [6.07, 6.45) is 3.24. The van der Waals surface area contributed by atoms with Crippen LogP contribution in [0.4, 0.5) is 0 Å². The van der Waals surface area contributed by atoms with Gasteiger partial charge in [-0.2, -0.15) is 0 Å². The molecule has 100 valence electrons. The molecule has 5 heteroatoms. The normalized spacial score (nSPS) is 23.2. The number of rotatable bonds is 4. The molecule has 1 aromatic rings. The molecule has 1 heterocycles. The topological polar surface area (TPSA) is 87.7 Å². The number of carbonyl (C=O) groups excluding carboxylic acids is 1. The maximum Gasteiger partial charge on any atom is 0.223 e. The second-order valence-corrected chi connectivity index (χ2v) is 4.63. The summed E-state index contributed by atoms with van der Waals surface area (Å²) in [5, 5.41) is 14.5. The molecule has 1 amide bonds. The molecule has 1 aromatic carbocycles. The number of hydrogen-bond acceptors (Lipinski definition) is 3. The van der Waals surface area contributed by atoms with Crippen molar-refractivity contribution in [1.29, 1.82) is 0 Å². The van der Waals surface area contributed by atoms with Crippen LogP contribution in [-0.2, 0) is 4.79 Å². The molecule has 0 aliphatic carbocycles. The Labute approximate surface area is 111 Å². The van der Waals surface area contributed by atoms with Gasteiger partial charge in [0.15, 0.2) is 5.84 Å². The van der Waals surface area contributed by atoms with E-state index in [2.05, 4.69) is 17.1 Å². The lowest BCUT2D eigenvalue weighted by molar-refractivity contribution is -0.122. The molecule has 4 N–H and O–H groups in total. The minimum absolute atomic E-state index is 0.00579. The van der Waals surface area contributed by atoms with Crippen LogP contribution in [0.1, 0.15) is 30.0 Å². The van der Waals surface area contributed by atoms with Crippen LogP contribution < -0.4 is 11.1 Å². The van der Waals surface area contributed by atoms with Gasteiger partial charge in [0.2, 0.25) is 5.91 Å². The molecule has 0 unspecified atom stereocenters. The van der Waals surface area contributed by atoms with Gasteiger partial charge in [0.05, 0.1) is 6.04 Å². The summed E-state index contributed by atoms with van der Waals surface area (Å²) in [7, 11) is 0. The van der Waals surface area contributed by atoms with E-state index in [1.807, 2.05) is 12.1 Å². The highest BCUT2D eigenvalue weighted by molar-refractivity contribution is 5.97. The number of amidine groups is 1. The number of nitrogens with two attached hydrogens (primary N) is 1. The third-order valence-corrected chi connectivity index (χ3v) is 3.38. The fraction of sp³-hybridized carbons (Fsp3) is 0.286. The Hall–Kier alpha value is -2.30. The Kier molecular flexibility index (Phi) is 3.85. The van der Waals surface area contributed by atoms with E-state index < -0.39 is 0 Å². The van der Waals surface area contributed by atoms with Gasteiger partial charge in [-0.05, 0) is 18.4 Å². The smallest absolute Gasteiger partial charge is 0.223 e. The molecular weight excluding hydrogens is 242 g/mol. The van der Waals surface area contributed by atoms with Crippen molar-refractivity contribution in [3.05, 3.63) is 48.0 Å². The largest absolute Gasteiger partial charge is 0.409 e. The monoisotopic (exact) mass is 259 g/mol. The molecule has 0 spiro atoms. The summed E-state index contributed by atoms with van der Waals surface area (Å²) in [6, 6.07) is 7.34. The van der Waals surface area contributed by atoms with Crippen molar-refractivity contribution in [2.45, 2.75) is 18.9 Å². The number of benzene rings is 1. The van der Waals surface area contributed by atoms with Gasteiger partial charge in [-0.25, -0.2) is 0 Å². The SMILES string of the molecule is C=CC[C@@H]1C[C@@H](c2ccc(C(N)=NO)cc2)NC1=O. The predicted molar refractivity (Wildman–Crippen MR) is 72.8 cm³/mol. The van der Waals surface area contributed by atoms with Crippen LogP contribution >= 0.6 is 0 Å². The third-order valence-electron chi connectivity index (χ3n) is 3.38. The number of hydrogen-bond donors (Lipinski definition) is 3. The van der Waals surface area contributed by atoms with E-state index in [0.29, 0.717) is 12.0 Å². The Balaban J connectivity index is 2.11. The Morgan fingerprint density at radius 1 is 1.53 bits per heavy atom. The van der Waals surface area contributed by atoms with E-state index in [4.69, 9.17) is 10.9 Å². The fourth-order valence-corrected chi connectivity index (χ4v) is 2.31. The van der Waals surface area contributed by atoms with Crippen LogP contribution in [0.2, 0.25) is 0 Å². The van der Waals surface area contributed by atoms with E-state index in [1.54, 1.807) is 18.2 Å². The number of amides is 1. The molecule has 2 atom stereocenters. The number of allylic oxidation sites excluding steroid dienone is 1. The van der Waals surface area contributed by atoms with Crippen LogP contribution in [0.25, 0.3) is 0 Å². The molecule has 0 bridgehead atoms. The molecule has 5 nitrogen and oxygen atoms in total. The zero-order valence-electron chi connectivity index (χ0n) is 10.5. The van der Waals surface area contributed by atoms with Crippen LogP contribution in [0, 0.1) is 5.92 Å². The van der Waals surface area contributed by atoms with Crippen LogP contribution in [0.3, 0.4) is 0 Å². The summed E-state index contributed by atoms with van der Waals surface area (Å²) in [5.74, 6) is 0.156. The molecule has 1 aliphatic rings. The lowest BCUT2D eigenvalue weighted by Crippen LogP contribution is -2.21. The first kappa shape index (κ1) is 13.1. The van der Waals surface area contributed by atoms with Crippen molar-refractivity contribution in [1.82, 2.24) is 5.32 Å². The van der Waals surface area contributed by atoms with Crippen molar-refractivity contribution >= 4 is 11.7 Å². The summed E-state index contributed by atoms with van der Waals surface area (Å²) in [6.45, 7) is 3.67. The molecule has 1 fully saturated rings. The van der Waals surface area contributed by atoms with Gasteiger partial charge in [0, 0.05) is 11.5 Å². The van der Waals surface area contributed by atoms with Gasteiger partial charge in [-0.1, -0.05) is 35.5 Å². The summed E-state index contributed by atoms with van der Waals surface area (Å²) < 4.78 is 0. The highest BCUT2D eigenvalue weighted by Gasteiger charge is 2.31. The van der Waals surface area contributed by atoms with Crippen LogP contribution in [0.5, 0.6) is 0 Å². The summed E-state index contributed by atoms with van der Waals surface area (Å²) >= 11 is 0. The van der Waals surface area contributed by atoms with Gasteiger partial charge in [-0.15, -0.1) is 6.58 Å². The Morgan fingerprint density at radius 3 is 2.79 bits per heavy atom. The van der Waals surface area contributed by atoms with Gasteiger partial charge in [0.25, 0.3) is 0 Å². The van der Waals surface area contributed by atoms with Crippen molar-refractivity contribution < 1.29 is 10.0 Å². The summed E-state index contributed by atoms with van der Waals surface area (Å²) in [4.78, 5) is 11.7. The number of oxime groups is 1. The average molecular weight is 259 g/mol. The second kappa shape index (κ2) is 5.56. The van der Waals surface area contributed by atoms with E-state index >= 15 is 0 Å². The number of nitrogens with zero attached hydrogens (tertiary/aromatic N) is 1. The molecular formula is C14H17N3O2. The number of nitrogens with one attached hydrogen (secondary N) is 1. The molecule has 1 saturated heterocycles. The molecule has 1 aliphatic heterocycles. The standard InChI is InChI=1S/C14H17N3O2/c1-2-3-11-8-12(16-14(11)18)9-4-6-10(7-5-9)13(15)17-19/h2,4-7,11-12,19H,1,3,8H2,(H2,15,17)(H,16,18)/t11-,12+/m1/s1. The van der Waals surface area contributed by atoms with Gasteiger partial charge < -0.3 is 16.3 Å². The minimum Gasteiger partial charge on any atom is -0.409 e. The van der Waals surface area contributed by atoms with Crippen LogP contribution in [0.15, 0.2) is 42.1 Å². The maximum atomic E-state index is 11.7. The summed E-state index contributed by atoms with van der Waals surface area (Å²) in [5.41, 5.74) is 7.17. The quantitative estimate of drug-likeness (QED) is 0.252. The van der Waals surface area contributed by atoms with Crippen molar-refractivity contribution in [3.63, 3.8) is 0 Å². The Bertz CT molecular complexity index is 508. The van der Waals surface area contributed by atoms with Gasteiger partial charge in [0.1, 0.15) is 0 Å². The van der Waals surface area contributed by atoms with Crippen molar-refractivity contribution in [2.75, 3.05) is 0 Å². The molecule has 19 heavy (non-hydrogen) atoms. The highest BCUT2D eigenvalue weighted by atomic mass is 16.4. The molecule has 0 saturated carbocycles. The van der Waals surface area contributed by atoms with E-state index in [1.165, 1.54) is 0 Å². The lowest BCUT2D eigenvalue weighted by Gasteiger charge is -2.10. The molecule has 2 rings (SSSR count). The van der Waals surface area contributed by atoms with E-state index in [9.17, 15) is 4.79 Å². The lowest BCUT2D eigenvalue weighted by atomic mass is 9.97.